The van der Waals surface area contributed by atoms with Crippen LogP contribution in [0.2, 0.25) is 5.02 Å². The minimum atomic E-state index is -0.294. The predicted octanol–water partition coefficient (Wildman–Crippen LogP) is 6.46. The van der Waals surface area contributed by atoms with Gasteiger partial charge in [-0.2, -0.15) is 0 Å². The molecule has 31 heavy (non-hydrogen) atoms. The van der Waals surface area contributed by atoms with Crippen LogP contribution in [-0.2, 0) is 17.9 Å². The van der Waals surface area contributed by atoms with Crippen LogP contribution in [0.4, 0.5) is 4.79 Å². The zero-order valence-corrected chi connectivity index (χ0v) is 18.5. The quantitative estimate of drug-likeness (QED) is 0.405. The predicted molar refractivity (Wildman–Crippen MR) is 125 cm³/mol. The zero-order valence-electron chi connectivity index (χ0n) is 16.9. The molecule has 6 heteroatoms. The number of nitrogens with zero attached hydrogens (tertiary/aromatic N) is 1. The lowest BCUT2D eigenvalue weighted by Gasteiger charge is -2.12. The van der Waals surface area contributed by atoms with Gasteiger partial charge in [-0.05, 0) is 53.6 Å². The van der Waals surface area contributed by atoms with Gasteiger partial charge in [0, 0.05) is 0 Å². The molecule has 0 atom stereocenters. The van der Waals surface area contributed by atoms with Gasteiger partial charge >= 0.3 is 0 Å². The number of ether oxygens (including phenoxy) is 1. The number of aryl methyl sites for hydroxylation is 1. The topological polar surface area (TPSA) is 46.6 Å². The summed E-state index contributed by atoms with van der Waals surface area (Å²) < 4.78 is 5.79. The average molecular weight is 450 g/mol. The number of amides is 2. The van der Waals surface area contributed by atoms with E-state index in [4.69, 9.17) is 16.3 Å². The Morgan fingerprint density at radius 3 is 2.48 bits per heavy atom. The molecule has 0 N–H and O–H groups in total. The SMILES string of the molecule is Cc1cccc(CN2C(=O)S/C(=C\c3ccc(OCc4ccccc4)c(Cl)c3)C2=O)c1. The van der Waals surface area contributed by atoms with Crippen molar-refractivity contribution in [2.45, 2.75) is 20.1 Å². The van der Waals surface area contributed by atoms with Crippen LogP contribution in [-0.4, -0.2) is 16.0 Å². The molecule has 0 aliphatic carbocycles. The molecule has 0 saturated carbocycles. The molecule has 0 spiro atoms. The Balaban J connectivity index is 1.46. The van der Waals surface area contributed by atoms with Crippen LogP contribution >= 0.6 is 23.4 Å². The first-order valence-electron chi connectivity index (χ1n) is 9.77. The molecule has 0 radical (unpaired) electrons. The number of carbonyl (C=O) groups excluding carboxylic acids is 2. The Labute approximate surface area is 190 Å². The lowest BCUT2D eigenvalue weighted by Crippen LogP contribution is -2.27. The second kappa shape index (κ2) is 9.41. The number of hydrogen-bond donors (Lipinski definition) is 0. The van der Waals surface area contributed by atoms with Crippen LogP contribution in [0, 0.1) is 6.92 Å². The van der Waals surface area contributed by atoms with E-state index in [1.807, 2.05) is 67.6 Å². The molecule has 1 heterocycles. The van der Waals surface area contributed by atoms with E-state index in [-0.39, 0.29) is 17.7 Å². The van der Waals surface area contributed by atoms with Crippen LogP contribution in [0.5, 0.6) is 5.75 Å². The summed E-state index contributed by atoms with van der Waals surface area (Å²) in [6.45, 7) is 2.66. The molecule has 1 aliphatic heterocycles. The van der Waals surface area contributed by atoms with E-state index < -0.39 is 0 Å². The summed E-state index contributed by atoms with van der Waals surface area (Å²) in [4.78, 5) is 26.8. The molecule has 4 rings (SSSR count). The minimum absolute atomic E-state index is 0.261. The first-order valence-corrected chi connectivity index (χ1v) is 11.0. The number of benzene rings is 3. The van der Waals surface area contributed by atoms with Gasteiger partial charge in [0.15, 0.2) is 0 Å². The van der Waals surface area contributed by atoms with E-state index >= 15 is 0 Å². The first kappa shape index (κ1) is 21.2. The summed E-state index contributed by atoms with van der Waals surface area (Å²) in [5.74, 6) is 0.271. The maximum atomic E-state index is 12.8. The highest BCUT2D eigenvalue weighted by Crippen LogP contribution is 2.34. The van der Waals surface area contributed by atoms with Crippen molar-refractivity contribution in [2.75, 3.05) is 0 Å². The summed E-state index contributed by atoms with van der Waals surface area (Å²) in [5, 5.41) is 0.176. The Bertz CT molecular complexity index is 1160. The van der Waals surface area contributed by atoms with Crippen molar-refractivity contribution in [3.63, 3.8) is 0 Å². The van der Waals surface area contributed by atoms with Gasteiger partial charge < -0.3 is 4.74 Å². The molecule has 0 unspecified atom stereocenters. The van der Waals surface area contributed by atoms with Gasteiger partial charge in [0.2, 0.25) is 0 Å². The third kappa shape index (κ3) is 5.19. The molecule has 0 aromatic heterocycles. The number of imide groups is 1. The van der Waals surface area contributed by atoms with E-state index in [1.54, 1.807) is 18.2 Å². The number of halogens is 1. The Hall–Kier alpha value is -3.02. The molecule has 1 fully saturated rings. The van der Waals surface area contributed by atoms with Gasteiger partial charge in [-0.25, -0.2) is 0 Å². The lowest BCUT2D eigenvalue weighted by atomic mass is 10.1. The number of rotatable bonds is 6. The Morgan fingerprint density at radius 2 is 1.74 bits per heavy atom. The molecular weight excluding hydrogens is 430 g/mol. The van der Waals surface area contributed by atoms with Crippen molar-refractivity contribution in [3.05, 3.63) is 105 Å². The molecule has 1 saturated heterocycles. The van der Waals surface area contributed by atoms with Crippen LogP contribution in [0.1, 0.15) is 22.3 Å². The van der Waals surface area contributed by atoms with E-state index in [9.17, 15) is 9.59 Å². The summed E-state index contributed by atoms with van der Waals surface area (Å²) >= 11 is 7.32. The van der Waals surface area contributed by atoms with Crippen molar-refractivity contribution < 1.29 is 14.3 Å². The van der Waals surface area contributed by atoms with Crippen molar-refractivity contribution in [1.29, 1.82) is 0 Å². The molecule has 2 amide bonds. The fraction of sp³-hybridized carbons (Fsp3) is 0.120. The second-order valence-corrected chi connectivity index (χ2v) is 8.62. The van der Waals surface area contributed by atoms with Gasteiger partial charge in [0.1, 0.15) is 12.4 Å². The van der Waals surface area contributed by atoms with E-state index in [0.717, 1.165) is 34.0 Å². The summed E-state index contributed by atoms with van der Waals surface area (Å²) in [5.41, 5.74) is 3.79. The molecule has 3 aromatic carbocycles. The third-order valence-corrected chi connectivity index (χ3v) is 5.99. The van der Waals surface area contributed by atoms with Gasteiger partial charge in [-0.1, -0.05) is 77.8 Å². The van der Waals surface area contributed by atoms with E-state index in [2.05, 4.69) is 0 Å². The van der Waals surface area contributed by atoms with Crippen LogP contribution in [0.3, 0.4) is 0 Å². The maximum absolute atomic E-state index is 12.8. The summed E-state index contributed by atoms with van der Waals surface area (Å²) in [7, 11) is 0. The molecule has 156 valence electrons. The second-order valence-electron chi connectivity index (χ2n) is 7.22. The van der Waals surface area contributed by atoms with Gasteiger partial charge in [0.25, 0.3) is 11.1 Å². The number of hydrogen-bond acceptors (Lipinski definition) is 4. The monoisotopic (exact) mass is 449 g/mol. The molecule has 4 nitrogen and oxygen atoms in total. The van der Waals surface area contributed by atoms with Crippen LogP contribution in [0.25, 0.3) is 6.08 Å². The standard InChI is InChI=1S/C25H20ClNO3S/c1-17-6-5-9-20(12-17)15-27-24(28)23(31-25(27)29)14-19-10-11-22(21(26)13-19)30-16-18-7-3-2-4-8-18/h2-14H,15-16H2,1H3/b23-14-. The first-order chi connectivity index (χ1) is 15.0. The molecular formula is C25H20ClNO3S. The van der Waals surface area contributed by atoms with Gasteiger partial charge in [0.05, 0.1) is 16.5 Å². The Morgan fingerprint density at radius 1 is 0.968 bits per heavy atom. The van der Waals surface area contributed by atoms with Crippen molar-refractivity contribution in [3.8, 4) is 5.75 Å². The Kier molecular flexibility index (Phi) is 6.44. The highest BCUT2D eigenvalue weighted by Gasteiger charge is 2.35. The van der Waals surface area contributed by atoms with Crippen molar-refractivity contribution in [2.24, 2.45) is 0 Å². The minimum Gasteiger partial charge on any atom is -0.487 e. The molecule has 0 bridgehead atoms. The number of carbonyl (C=O) groups is 2. The fourth-order valence-electron chi connectivity index (χ4n) is 3.24. The highest BCUT2D eigenvalue weighted by molar-refractivity contribution is 8.18. The van der Waals surface area contributed by atoms with E-state index in [1.165, 1.54) is 4.90 Å². The number of thioether (sulfide) groups is 1. The zero-order chi connectivity index (χ0) is 21.8. The smallest absolute Gasteiger partial charge is 0.293 e. The van der Waals surface area contributed by atoms with E-state index in [0.29, 0.717) is 22.3 Å². The van der Waals surface area contributed by atoms with Crippen LogP contribution in [0.15, 0.2) is 77.7 Å². The summed E-state index contributed by atoms with van der Waals surface area (Å²) in [6.07, 6.45) is 1.69. The van der Waals surface area contributed by atoms with Gasteiger partial charge in [-0.15, -0.1) is 0 Å². The van der Waals surface area contributed by atoms with Crippen LogP contribution < -0.4 is 4.74 Å². The summed E-state index contributed by atoms with van der Waals surface area (Å²) in [6, 6.07) is 22.9. The normalized spacial score (nSPS) is 15.0. The van der Waals surface area contributed by atoms with Crippen molar-refractivity contribution in [1.82, 2.24) is 4.90 Å². The molecule has 3 aromatic rings. The lowest BCUT2D eigenvalue weighted by molar-refractivity contribution is -0.123. The van der Waals surface area contributed by atoms with Gasteiger partial charge in [-0.3, -0.25) is 14.5 Å². The largest absolute Gasteiger partial charge is 0.487 e. The molecule has 1 aliphatic rings. The van der Waals surface area contributed by atoms with Crippen molar-refractivity contribution >= 4 is 40.6 Å². The fourth-order valence-corrected chi connectivity index (χ4v) is 4.32. The maximum Gasteiger partial charge on any atom is 0.293 e. The highest BCUT2D eigenvalue weighted by atomic mass is 35.5. The average Bonchev–Trinajstić information content (AvgIpc) is 3.01. The third-order valence-electron chi connectivity index (χ3n) is 4.79.